The van der Waals surface area contributed by atoms with E-state index >= 15 is 0 Å². The van der Waals surface area contributed by atoms with Crippen molar-refractivity contribution in [2.75, 3.05) is 38.1 Å². The van der Waals surface area contributed by atoms with Gasteiger partial charge in [-0.05, 0) is 51.0 Å². The first-order valence-corrected chi connectivity index (χ1v) is 11.2. The molecule has 0 spiro atoms. The number of carbonyl (C=O) groups excluding carboxylic acids is 2. The first-order chi connectivity index (χ1) is 13.4. The molecule has 0 aliphatic carbocycles. The zero-order valence-corrected chi connectivity index (χ0v) is 18.9. The van der Waals surface area contributed by atoms with E-state index in [1.54, 1.807) is 51.7 Å². The minimum atomic E-state index is -3.55. The predicted molar refractivity (Wildman–Crippen MR) is 111 cm³/mol. The maximum atomic E-state index is 12.7. The van der Waals surface area contributed by atoms with Gasteiger partial charge in [-0.1, -0.05) is 13.8 Å². The van der Waals surface area contributed by atoms with E-state index in [1.165, 1.54) is 22.3 Å². The van der Waals surface area contributed by atoms with Gasteiger partial charge in [-0.25, -0.2) is 13.2 Å². The van der Waals surface area contributed by atoms with Crippen molar-refractivity contribution in [3.63, 3.8) is 0 Å². The molecule has 0 atom stereocenters. The monoisotopic (exact) mass is 425 g/mol. The summed E-state index contributed by atoms with van der Waals surface area (Å²) in [4.78, 5) is 27.9. The summed E-state index contributed by atoms with van der Waals surface area (Å²) in [5.74, 6) is -0.239. The smallest absolute Gasteiger partial charge is 0.410 e. The van der Waals surface area contributed by atoms with Gasteiger partial charge in [0.05, 0.1) is 4.90 Å². The molecular formula is C20H31N3O5S. The molecule has 2 amide bonds. The van der Waals surface area contributed by atoms with Crippen LogP contribution in [0.25, 0.3) is 0 Å². The number of likely N-dealkylation sites (N-methyl/N-ethyl adjacent to an activating group) is 1. The largest absolute Gasteiger partial charge is 0.444 e. The fourth-order valence-electron chi connectivity index (χ4n) is 3.20. The average molecular weight is 426 g/mol. The van der Waals surface area contributed by atoms with E-state index in [-0.39, 0.29) is 17.3 Å². The van der Waals surface area contributed by atoms with Gasteiger partial charge in [0, 0.05) is 32.4 Å². The third kappa shape index (κ3) is 5.27. The topological polar surface area (TPSA) is 87.2 Å². The zero-order chi connectivity index (χ0) is 22.0. The third-order valence-corrected chi connectivity index (χ3v) is 6.71. The van der Waals surface area contributed by atoms with Crippen molar-refractivity contribution in [3.05, 3.63) is 23.8 Å². The van der Waals surface area contributed by atoms with Gasteiger partial charge in [0.1, 0.15) is 12.1 Å². The van der Waals surface area contributed by atoms with Crippen molar-refractivity contribution in [2.45, 2.75) is 51.5 Å². The second kappa shape index (κ2) is 8.71. The quantitative estimate of drug-likeness (QED) is 0.699. The summed E-state index contributed by atoms with van der Waals surface area (Å²) in [6.45, 7) is 10.0. The van der Waals surface area contributed by atoms with Crippen LogP contribution in [0.15, 0.2) is 23.1 Å². The molecule has 0 fully saturated rings. The normalized spacial score (nSPS) is 14.1. The first-order valence-electron chi connectivity index (χ1n) is 9.78. The van der Waals surface area contributed by atoms with Gasteiger partial charge in [0.2, 0.25) is 15.9 Å². The highest BCUT2D eigenvalue weighted by atomic mass is 32.2. The Balaban J connectivity index is 2.15. The van der Waals surface area contributed by atoms with Crippen LogP contribution in [0, 0.1) is 0 Å². The van der Waals surface area contributed by atoms with Crippen LogP contribution in [0.1, 0.15) is 40.2 Å². The van der Waals surface area contributed by atoms with Crippen molar-refractivity contribution in [2.24, 2.45) is 0 Å². The molecule has 1 aromatic carbocycles. The van der Waals surface area contributed by atoms with Gasteiger partial charge in [0.25, 0.3) is 0 Å². The minimum absolute atomic E-state index is 0.117. The van der Waals surface area contributed by atoms with Crippen molar-refractivity contribution in [1.29, 1.82) is 0 Å². The number of benzene rings is 1. The predicted octanol–water partition coefficient (Wildman–Crippen LogP) is 2.47. The molecule has 0 saturated heterocycles. The van der Waals surface area contributed by atoms with Crippen LogP contribution < -0.4 is 4.90 Å². The molecule has 2 rings (SSSR count). The lowest BCUT2D eigenvalue weighted by atomic mass is 10.2. The lowest BCUT2D eigenvalue weighted by Crippen LogP contribution is -2.42. The van der Waals surface area contributed by atoms with E-state index in [4.69, 9.17) is 4.74 Å². The van der Waals surface area contributed by atoms with E-state index in [2.05, 4.69) is 0 Å². The average Bonchev–Trinajstić information content (AvgIpc) is 3.04. The maximum absolute atomic E-state index is 12.7. The molecule has 0 unspecified atom stereocenters. The minimum Gasteiger partial charge on any atom is -0.444 e. The van der Waals surface area contributed by atoms with Crippen LogP contribution in [-0.4, -0.2) is 68.5 Å². The highest BCUT2D eigenvalue weighted by molar-refractivity contribution is 7.89. The van der Waals surface area contributed by atoms with Crippen LogP contribution in [0.3, 0.4) is 0 Å². The van der Waals surface area contributed by atoms with E-state index in [0.717, 1.165) is 5.56 Å². The van der Waals surface area contributed by atoms with E-state index in [9.17, 15) is 18.0 Å². The summed E-state index contributed by atoms with van der Waals surface area (Å²) < 4.78 is 32.1. The molecule has 1 aliphatic heterocycles. The van der Waals surface area contributed by atoms with Crippen LogP contribution in [0.4, 0.5) is 10.5 Å². The molecule has 0 bridgehead atoms. The molecule has 29 heavy (non-hydrogen) atoms. The Bertz CT molecular complexity index is 873. The third-order valence-electron chi connectivity index (χ3n) is 4.67. The standard InChI is InChI=1S/C20H31N3O5S/c1-7-22(8-2)29(26,27)16-9-10-17-15(13-16)11-12-23(17)18(24)14-21(6)19(25)28-20(3,4)5/h9-10,13H,7-8,11-12,14H2,1-6H3. The fraction of sp³-hybridized carbons (Fsp3) is 0.600. The van der Waals surface area contributed by atoms with E-state index < -0.39 is 21.7 Å². The summed E-state index contributed by atoms with van der Waals surface area (Å²) in [6, 6.07) is 4.85. The molecule has 0 aromatic heterocycles. The number of ether oxygens (including phenoxy) is 1. The highest BCUT2D eigenvalue weighted by Crippen LogP contribution is 2.31. The van der Waals surface area contributed by atoms with Crippen LogP contribution in [0.5, 0.6) is 0 Å². The van der Waals surface area contributed by atoms with Crippen LogP contribution in [-0.2, 0) is 26.0 Å². The number of carbonyl (C=O) groups is 2. The first kappa shape index (κ1) is 23.2. The summed E-state index contributed by atoms with van der Waals surface area (Å²) in [5.41, 5.74) is 0.860. The van der Waals surface area contributed by atoms with Crippen molar-refractivity contribution in [3.8, 4) is 0 Å². The summed E-state index contributed by atoms with van der Waals surface area (Å²) in [6.07, 6.45) is 0.00434. The molecule has 0 radical (unpaired) electrons. The second-order valence-corrected chi connectivity index (χ2v) is 9.95. The Morgan fingerprint density at radius 3 is 2.34 bits per heavy atom. The van der Waals surface area contributed by atoms with Gasteiger partial charge >= 0.3 is 6.09 Å². The maximum Gasteiger partial charge on any atom is 0.410 e. The number of nitrogens with zero attached hydrogens (tertiary/aromatic N) is 3. The van der Waals surface area contributed by atoms with E-state index in [0.29, 0.717) is 31.7 Å². The van der Waals surface area contributed by atoms with Gasteiger partial charge in [-0.15, -0.1) is 0 Å². The van der Waals surface area contributed by atoms with Crippen molar-refractivity contribution in [1.82, 2.24) is 9.21 Å². The van der Waals surface area contributed by atoms with Gasteiger partial charge < -0.3 is 14.5 Å². The molecule has 0 N–H and O–H groups in total. The molecule has 8 nitrogen and oxygen atoms in total. The van der Waals surface area contributed by atoms with Crippen LogP contribution >= 0.6 is 0 Å². The second-order valence-electron chi connectivity index (χ2n) is 8.01. The number of fused-ring (bicyclic) bond motifs is 1. The lowest BCUT2D eigenvalue weighted by Gasteiger charge is -2.26. The van der Waals surface area contributed by atoms with Crippen molar-refractivity contribution >= 4 is 27.7 Å². The van der Waals surface area contributed by atoms with Gasteiger partial charge in [-0.3, -0.25) is 4.79 Å². The Morgan fingerprint density at radius 1 is 1.17 bits per heavy atom. The number of sulfonamides is 1. The summed E-state index contributed by atoms with van der Waals surface area (Å²) in [5, 5.41) is 0. The highest BCUT2D eigenvalue weighted by Gasteiger charge is 2.30. The fourth-order valence-corrected chi connectivity index (χ4v) is 4.71. The Labute approximate surface area is 173 Å². The number of anilines is 1. The summed E-state index contributed by atoms with van der Waals surface area (Å²) in [7, 11) is -2.03. The molecular weight excluding hydrogens is 394 g/mol. The van der Waals surface area contributed by atoms with Crippen molar-refractivity contribution < 1.29 is 22.7 Å². The molecule has 1 heterocycles. The molecule has 9 heteroatoms. The number of hydrogen-bond donors (Lipinski definition) is 0. The molecule has 1 aliphatic rings. The number of rotatable bonds is 6. The van der Waals surface area contributed by atoms with Gasteiger partial charge in [0.15, 0.2) is 0 Å². The Kier molecular flexibility index (Phi) is 6.95. The Morgan fingerprint density at radius 2 is 1.79 bits per heavy atom. The Hall–Kier alpha value is -2.13. The van der Waals surface area contributed by atoms with Crippen LogP contribution in [0.2, 0.25) is 0 Å². The van der Waals surface area contributed by atoms with Gasteiger partial charge in [-0.2, -0.15) is 4.31 Å². The van der Waals surface area contributed by atoms with E-state index in [1.807, 2.05) is 0 Å². The zero-order valence-electron chi connectivity index (χ0n) is 18.1. The SMILES string of the molecule is CCN(CC)S(=O)(=O)c1ccc2c(c1)CCN2C(=O)CN(C)C(=O)OC(C)(C)C. The summed E-state index contributed by atoms with van der Waals surface area (Å²) >= 11 is 0. The number of hydrogen-bond acceptors (Lipinski definition) is 5. The molecule has 0 saturated carbocycles. The lowest BCUT2D eigenvalue weighted by molar-refractivity contribution is -0.119. The molecule has 1 aromatic rings. The molecule has 162 valence electrons. The number of amides is 2.